The van der Waals surface area contributed by atoms with Crippen molar-refractivity contribution in [2.75, 3.05) is 7.11 Å². The third-order valence-corrected chi connectivity index (χ3v) is 4.14. The standard InChI is InChI=1S/C14H16ClFN2O/c1-19-13-4-2-3-11(13)18-12-7-9(16)5-6-10(12)17-14(18)8-15/h5-7,11,13H,2-4,8H2,1H3. The molecule has 0 bridgehead atoms. The van der Waals surface area contributed by atoms with Crippen LogP contribution in [-0.4, -0.2) is 22.8 Å². The van der Waals surface area contributed by atoms with E-state index in [-0.39, 0.29) is 18.0 Å². The highest BCUT2D eigenvalue weighted by Gasteiger charge is 2.31. The highest BCUT2D eigenvalue weighted by molar-refractivity contribution is 6.16. The van der Waals surface area contributed by atoms with Gasteiger partial charge in [0.1, 0.15) is 11.6 Å². The summed E-state index contributed by atoms with van der Waals surface area (Å²) in [6, 6.07) is 4.86. The molecule has 2 aromatic rings. The van der Waals surface area contributed by atoms with Crippen LogP contribution >= 0.6 is 11.6 Å². The largest absolute Gasteiger partial charge is 0.379 e. The van der Waals surface area contributed by atoms with E-state index in [0.717, 1.165) is 36.1 Å². The number of ether oxygens (including phenoxy) is 1. The SMILES string of the molecule is COC1CCCC1n1c(CCl)nc2ccc(F)cc21. The summed E-state index contributed by atoms with van der Waals surface area (Å²) in [6.45, 7) is 0. The van der Waals surface area contributed by atoms with Gasteiger partial charge in [-0.3, -0.25) is 0 Å². The Kier molecular flexibility index (Phi) is 3.46. The molecule has 1 aromatic heterocycles. The summed E-state index contributed by atoms with van der Waals surface area (Å²) in [5.74, 6) is 0.862. The van der Waals surface area contributed by atoms with E-state index >= 15 is 0 Å². The number of methoxy groups -OCH3 is 1. The second-order valence-corrected chi connectivity index (χ2v) is 5.20. The molecule has 0 amide bonds. The fourth-order valence-electron chi connectivity index (χ4n) is 3.06. The van der Waals surface area contributed by atoms with Crippen LogP contribution in [-0.2, 0) is 10.6 Å². The molecule has 1 aliphatic rings. The van der Waals surface area contributed by atoms with Crippen molar-refractivity contribution in [3.63, 3.8) is 0 Å². The fourth-order valence-corrected chi connectivity index (χ4v) is 3.25. The molecule has 0 N–H and O–H groups in total. The maximum Gasteiger partial charge on any atom is 0.125 e. The molecular weight excluding hydrogens is 267 g/mol. The first-order chi connectivity index (χ1) is 9.24. The third kappa shape index (κ3) is 2.13. The van der Waals surface area contributed by atoms with Gasteiger partial charge in [-0.05, 0) is 37.5 Å². The Hall–Kier alpha value is -1.13. The van der Waals surface area contributed by atoms with E-state index in [1.807, 2.05) is 0 Å². The number of alkyl halides is 1. The normalized spacial score (nSPS) is 23.3. The van der Waals surface area contributed by atoms with Crippen LogP contribution < -0.4 is 0 Å². The second-order valence-electron chi connectivity index (χ2n) is 4.94. The zero-order valence-corrected chi connectivity index (χ0v) is 11.5. The first kappa shape index (κ1) is 12.9. The zero-order chi connectivity index (χ0) is 13.4. The van der Waals surface area contributed by atoms with Gasteiger partial charge in [0, 0.05) is 7.11 Å². The molecule has 5 heteroatoms. The van der Waals surface area contributed by atoms with Gasteiger partial charge in [-0.2, -0.15) is 0 Å². The molecule has 1 fully saturated rings. The highest BCUT2D eigenvalue weighted by atomic mass is 35.5. The van der Waals surface area contributed by atoms with Gasteiger partial charge in [0.25, 0.3) is 0 Å². The first-order valence-electron chi connectivity index (χ1n) is 6.49. The quantitative estimate of drug-likeness (QED) is 0.804. The number of rotatable bonds is 3. The van der Waals surface area contributed by atoms with Gasteiger partial charge >= 0.3 is 0 Å². The Morgan fingerprint density at radius 3 is 3.05 bits per heavy atom. The summed E-state index contributed by atoms with van der Waals surface area (Å²) in [7, 11) is 1.73. The lowest BCUT2D eigenvalue weighted by Crippen LogP contribution is -2.22. The lowest BCUT2D eigenvalue weighted by molar-refractivity contribution is 0.0754. The number of hydrogen-bond acceptors (Lipinski definition) is 2. The average Bonchev–Trinajstić information content (AvgIpc) is 3.00. The Morgan fingerprint density at radius 2 is 2.32 bits per heavy atom. The Balaban J connectivity index is 2.17. The van der Waals surface area contributed by atoms with Crippen molar-refractivity contribution < 1.29 is 9.13 Å². The molecule has 0 radical (unpaired) electrons. The Bertz CT molecular complexity index is 598. The van der Waals surface area contributed by atoms with Gasteiger partial charge < -0.3 is 9.30 Å². The summed E-state index contributed by atoms with van der Waals surface area (Å²) in [5, 5.41) is 0. The van der Waals surface area contributed by atoms with E-state index in [0.29, 0.717) is 5.88 Å². The van der Waals surface area contributed by atoms with Crippen LogP contribution in [0.4, 0.5) is 4.39 Å². The molecule has 1 aromatic carbocycles. The van der Waals surface area contributed by atoms with E-state index < -0.39 is 0 Å². The van der Waals surface area contributed by atoms with Crippen molar-refractivity contribution in [3.8, 4) is 0 Å². The highest BCUT2D eigenvalue weighted by Crippen LogP contribution is 2.36. The van der Waals surface area contributed by atoms with Gasteiger partial charge in [0.2, 0.25) is 0 Å². The van der Waals surface area contributed by atoms with E-state index in [9.17, 15) is 4.39 Å². The predicted octanol–water partition coefficient (Wildman–Crippen LogP) is 3.65. The minimum absolute atomic E-state index is 0.155. The molecule has 1 saturated carbocycles. The topological polar surface area (TPSA) is 27.1 Å². The molecule has 2 unspecified atom stereocenters. The van der Waals surface area contributed by atoms with Crippen molar-refractivity contribution in [2.45, 2.75) is 37.3 Å². The molecule has 0 aliphatic heterocycles. The minimum atomic E-state index is -0.248. The molecule has 3 nitrogen and oxygen atoms in total. The number of halogens is 2. The maximum atomic E-state index is 13.5. The number of nitrogens with zero attached hydrogens (tertiary/aromatic N) is 2. The van der Waals surface area contributed by atoms with Crippen LogP contribution in [0.2, 0.25) is 0 Å². The van der Waals surface area contributed by atoms with E-state index in [1.165, 1.54) is 12.1 Å². The number of aromatic nitrogens is 2. The van der Waals surface area contributed by atoms with E-state index in [2.05, 4.69) is 9.55 Å². The smallest absolute Gasteiger partial charge is 0.125 e. The second kappa shape index (κ2) is 5.10. The number of hydrogen-bond donors (Lipinski definition) is 0. The van der Waals surface area contributed by atoms with Gasteiger partial charge in [-0.25, -0.2) is 9.37 Å². The number of imidazole rings is 1. The van der Waals surface area contributed by atoms with Crippen LogP contribution in [0.15, 0.2) is 18.2 Å². The third-order valence-electron chi connectivity index (χ3n) is 3.90. The van der Waals surface area contributed by atoms with Crippen LogP contribution in [0, 0.1) is 5.82 Å². The van der Waals surface area contributed by atoms with Crippen molar-refractivity contribution in [1.82, 2.24) is 9.55 Å². The molecule has 102 valence electrons. The molecule has 2 atom stereocenters. The fraction of sp³-hybridized carbons (Fsp3) is 0.500. The van der Waals surface area contributed by atoms with Crippen molar-refractivity contribution in [2.24, 2.45) is 0 Å². The zero-order valence-electron chi connectivity index (χ0n) is 10.8. The minimum Gasteiger partial charge on any atom is -0.379 e. The summed E-state index contributed by atoms with van der Waals surface area (Å²) < 4.78 is 21.1. The average molecular weight is 283 g/mol. The number of fused-ring (bicyclic) bond motifs is 1. The molecule has 1 aliphatic carbocycles. The van der Waals surface area contributed by atoms with Crippen LogP contribution in [0.1, 0.15) is 31.1 Å². The van der Waals surface area contributed by atoms with Crippen molar-refractivity contribution >= 4 is 22.6 Å². The Morgan fingerprint density at radius 1 is 1.47 bits per heavy atom. The summed E-state index contributed by atoms with van der Waals surface area (Å²) in [4.78, 5) is 4.49. The van der Waals surface area contributed by atoms with Crippen molar-refractivity contribution in [3.05, 3.63) is 29.8 Å². The molecule has 19 heavy (non-hydrogen) atoms. The molecule has 0 spiro atoms. The van der Waals surface area contributed by atoms with Crippen molar-refractivity contribution in [1.29, 1.82) is 0 Å². The van der Waals surface area contributed by atoms with Crippen LogP contribution in [0.5, 0.6) is 0 Å². The van der Waals surface area contributed by atoms with Crippen LogP contribution in [0.25, 0.3) is 11.0 Å². The molecule has 0 saturated heterocycles. The monoisotopic (exact) mass is 282 g/mol. The molecular formula is C14H16ClFN2O. The summed E-state index contributed by atoms with van der Waals surface area (Å²) in [5.41, 5.74) is 1.60. The van der Waals surface area contributed by atoms with E-state index in [1.54, 1.807) is 13.2 Å². The van der Waals surface area contributed by atoms with E-state index in [4.69, 9.17) is 16.3 Å². The maximum absolute atomic E-state index is 13.5. The molecule has 3 rings (SSSR count). The lowest BCUT2D eigenvalue weighted by atomic mass is 10.2. The predicted molar refractivity (Wildman–Crippen MR) is 72.9 cm³/mol. The van der Waals surface area contributed by atoms with Gasteiger partial charge in [0.05, 0.1) is 29.1 Å². The Labute approximate surface area is 116 Å². The first-order valence-corrected chi connectivity index (χ1v) is 7.03. The summed E-state index contributed by atoms with van der Waals surface area (Å²) >= 11 is 5.99. The summed E-state index contributed by atoms with van der Waals surface area (Å²) in [6.07, 6.45) is 3.31. The molecule has 1 heterocycles. The van der Waals surface area contributed by atoms with Gasteiger partial charge in [-0.1, -0.05) is 0 Å². The lowest BCUT2D eigenvalue weighted by Gasteiger charge is -2.22. The number of benzene rings is 1. The van der Waals surface area contributed by atoms with Gasteiger partial charge in [0.15, 0.2) is 0 Å². The van der Waals surface area contributed by atoms with Crippen LogP contribution in [0.3, 0.4) is 0 Å². The van der Waals surface area contributed by atoms with Gasteiger partial charge in [-0.15, -0.1) is 11.6 Å².